The first kappa shape index (κ1) is 17.1. The summed E-state index contributed by atoms with van der Waals surface area (Å²) in [6.45, 7) is 11.1. The van der Waals surface area contributed by atoms with Crippen molar-refractivity contribution >= 4 is 17.2 Å². The van der Waals surface area contributed by atoms with Crippen LogP contribution in [0.2, 0.25) is 0 Å². The first-order chi connectivity index (χ1) is 11.4. The van der Waals surface area contributed by atoms with Gasteiger partial charge in [0.25, 0.3) is 5.91 Å². The SMILES string of the molecule is Cc1nc(C(C)C)sc1C(=O)N1CCC[C@H]1c1cc(C(C)C)on1. The summed E-state index contributed by atoms with van der Waals surface area (Å²) in [6, 6.07) is 2.01. The van der Waals surface area contributed by atoms with Gasteiger partial charge in [-0.2, -0.15) is 0 Å². The summed E-state index contributed by atoms with van der Waals surface area (Å²) in [7, 11) is 0. The van der Waals surface area contributed by atoms with Crippen LogP contribution in [0.3, 0.4) is 0 Å². The number of nitrogens with zero attached hydrogens (tertiary/aromatic N) is 3. The first-order valence-electron chi connectivity index (χ1n) is 8.63. The van der Waals surface area contributed by atoms with Crippen LogP contribution in [0.25, 0.3) is 0 Å². The van der Waals surface area contributed by atoms with Crippen LogP contribution in [0.5, 0.6) is 0 Å². The molecule has 2 aromatic heterocycles. The molecular weight excluding hydrogens is 322 g/mol. The Balaban J connectivity index is 1.85. The van der Waals surface area contributed by atoms with Gasteiger partial charge in [0.05, 0.1) is 16.7 Å². The van der Waals surface area contributed by atoms with Crippen LogP contribution in [-0.4, -0.2) is 27.5 Å². The third-order valence-electron chi connectivity index (χ3n) is 4.47. The van der Waals surface area contributed by atoms with E-state index < -0.39 is 0 Å². The quantitative estimate of drug-likeness (QED) is 0.807. The van der Waals surface area contributed by atoms with E-state index in [-0.39, 0.29) is 11.9 Å². The van der Waals surface area contributed by atoms with Crippen molar-refractivity contribution in [1.29, 1.82) is 0 Å². The van der Waals surface area contributed by atoms with E-state index >= 15 is 0 Å². The van der Waals surface area contributed by atoms with E-state index in [1.54, 1.807) is 0 Å². The summed E-state index contributed by atoms with van der Waals surface area (Å²) in [5.41, 5.74) is 1.71. The van der Waals surface area contributed by atoms with Gasteiger partial charge in [0, 0.05) is 24.4 Å². The molecule has 0 unspecified atom stereocenters. The van der Waals surface area contributed by atoms with Crippen LogP contribution in [-0.2, 0) is 0 Å². The van der Waals surface area contributed by atoms with Gasteiger partial charge in [0.2, 0.25) is 0 Å². The number of amides is 1. The monoisotopic (exact) mass is 347 g/mol. The topological polar surface area (TPSA) is 59.2 Å². The van der Waals surface area contributed by atoms with E-state index in [0.29, 0.717) is 11.8 Å². The van der Waals surface area contributed by atoms with Crippen molar-refractivity contribution in [1.82, 2.24) is 15.0 Å². The molecule has 3 heterocycles. The molecule has 1 atom stereocenters. The number of rotatable bonds is 4. The number of aromatic nitrogens is 2. The molecule has 24 heavy (non-hydrogen) atoms. The van der Waals surface area contributed by atoms with Gasteiger partial charge in [-0.1, -0.05) is 32.9 Å². The fourth-order valence-electron chi connectivity index (χ4n) is 3.04. The molecule has 0 spiro atoms. The Morgan fingerprint density at radius 1 is 1.33 bits per heavy atom. The van der Waals surface area contributed by atoms with Gasteiger partial charge in [-0.3, -0.25) is 4.79 Å². The lowest BCUT2D eigenvalue weighted by atomic mass is 10.1. The Hall–Kier alpha value is -1.69. The molecule has 1 amide bonds. The largest absolute Gasteiger partial charge is 0.361 e. The molecule has 0 radical (unpaired) electrons. The molecule has 6 heteroatoms. The Labute approximate surface area is 147 Å². The van der Waals surface area contributed by atoms with Crippen molar-refractivity contribution in [2.45, 2.75) is 65.3 Å². The predicted octanol–water partition coefficient (Wildman–Crippen LogP) is 4.66. The lowest BCUT2D eigenvalue weighted by Gasteiger charge is -2.22. The zero-order chi connectivity index (χ0) is 17.4. The highest BCUT2D eigenvalue weighted by molar-refractivity contribution is 7.13. The fourth-order valence-corrected chi connectivity index (χ4v) is 4.07. The maximum Gasteiger partial charge on any atom is 0.266 e. The van der Waals surface area contributed by atoms with Crippen molar-refractivity contribution in [2.24, 2.45) is 0 Å². The number of carbonyl (C=O) groups excluding carboxylic acids is 1. The molecular formula is C18H25N3O2S. The van der Waals surface area contributed by atoms with Crippen LogP contribution < -0.4 is 0 Å². The summed E-state index contributed by atoms with van der Waals surface area (Å²) < 4.78 is 5.43. The molecule has 2 aromatic rings. The van der Waals surface area contributed by atoms with Gasteiger partial charge in [-0.05, 0) is 19.8 Å². The van der Waals surface area contributed by atoms with E-state index in [0.717, 1.165) is 46.4 Å². The Morgan fingerprint density at radius 3 is 2.67 bits per heavy atom. The van der Waals surface area contributed by atoms with Gasteiger partial charge in [0.1, 0.15) is 16.3 Å². The van der Waals surface area contributed by atoms with Gasteiger partial charge in [0.15, 0.2) is 0 Å². The molecule has 1 aliphatic rings. The molecule has 5 nitrogen and oxygen atoms in total. The molecule has 0 aromatic carbocycles. The van der Waals surface area contributed by atoms with Gasteiger partial charge < -0.3 is 9.42 Å². The number of hydrogen-bond acceptors (Lipinski definition) is 5. The molecule has 1 aliphatic heterocycles. The van der Waals surface area contributed by atoms with Crippen LogP contribution in [0, 0.1) is 6.92 Å². The molecule has 0 aliphatic carbocycles. The van der Waals surface area contributed by atoms with E-state index in [4.69, 9.17) is 4.52 Å². The highest BCUT2D eigenvalue weighted by atomic mass is 32.1. The summed E-state index contributed by atoms with van der Waals surface area (Å²) >= 11 is 1.52. The molecule has 0 bridgehead atoms. The average molecular weight is 347 g/mol. The van der Waals surface area contributed by atoms with Crippen molar-refractivity contribution in [3.8, 4) is 0 Å². The minimum absolute atomic E-state index is 0.0118. The first-order valence-corrected chi connectivity index (χ1v) is 9.45. The molecule has 1 fully saturated rings. The number of carbonyl (C=O) groups is 1. The van der Waals surface area contributed by atoms with Crippen LogP contribution in [0.4, 0.5) is 0 Å². The predicted molar refractivity (Wildman–Crippen MR) is 94.5 cm³/mol. The zero-order valence-corrected chi connectivity index (χ0v) is 15.8. The van der Waals surface area contributed by atoms with Gasteiger partial charge in [-0.15, -0.1) is 11.3 Å². The highest BCUT2D eigenvalue weighted by Gasteiger charge is 2.34. The zero-order valence-electron chi connectivity index (χ0n) is 15.0. The van der Waals surface area contributed by atoms with Crippen molar-refractivity contribution in [3.05, 3.63) is 33.1 Å². The molecule has 0 N–H and O–H groups in total. The van der Waals surface area contributed by atoms with E-state index in [1.807, 2.05) is 17.9 Å². The lowest BCUT2D eigenvalue weighted by molar-refractivity contribution is 0.0734. The van der Waals surface area contributed by atoms with E-state index in [1.165, 1.54) is 11.3 Å². The third-order valence-corrected chi connectivity index (χ3v) is 5.92. The minimum Gasteiger partial charge on any atom is -0.361 e. The smallest absolute Gasteiger partial charge is 0.266 e. The highest BCUT2D eigenvalue weighted by Crippen LogP contribution is 2.35. The van der Waals surface area contributed by atoms with Crippen LogP contribution in [0.1, 0.15) is 90.2 Å². The Bertz CT molecular complexity index is 732. The lowest BCUT2D eigenvalue weighted by Crippen LogP contribution is -2.30. The van der Waals surface area contributed by atoms with Crippen molar-refractivity contribution in [3.63, 3.8) is 0 Å². The summed E-state index contributed by atoms with van der Waals surface area (Å²) in [6.07, 6.45) is 1.93. The normalized spacial score (nSPS) is 18.1. The van der Waals surface area contributed by atoms with E-state index in [2.05, 4.69) is 37.8 Å². The van der Waals surface area contributed by atoms with Crippen LogP contribution >= 0.6 is 11.3 Å². The number of aryl methyl sites for hydroxylation is 1. The maximum atomic E-state index is 13.1. The van der Waals surface area contributed by atoms with Gasteiger partial charge in [-0.25, -0.2) is 4.98 Å². The second-order valence-corrected chi connectivity index (χ2v) is 8.12. The van der Waals surface area contributed by atoms with Crippen LogP contribution in [0.15, 0.2) is 10.6 Å². The number of likely N-dealkylation sites (tertiary alicyclic amines) is 1. The molecule has 0 saturated carbocycles. The number of hydrogen-bond donors (Lipinski definition) is 0. The number of thiazole rings is 1. The Kier molecular flexibility index (Phi) is 4.76. The molecule has 3 rings (SSSR count). The summed E-state index contributed by atoms with van der Waals surface area (Å²) in [5, 5.41) is 5.24. The second kappa shape index (κ2) is 6.67. The average Bonchev–Trinajstić information content (AvgIpc) is 3.24. The van der Waals surface area contributed by atoms with E-state index in [9.17, 15) is 4.79 Å². The second-order valence-electron chi connectivity index (χ2n) is 7.09. The molecule has 130 valence electrons. The maximum absolute atomic E-state index is 13.1. The van der Waals surface area contributed by atoms with Crippen molar-refractivity contribution < 1.29 is 9.32 Å². The molecule has 1 saturated heterocycles. The fraction of sp³-hybridized carbons (Fsp3) is 0.611. The Morgan fingerprint density at radius 2 is 2.08 bits per heavy atom. The van der Waals surface area contributed by atoms with Gasteiger partial charge >= 0.3 is 0 Å². The summed E-state index contributed by atoms with van der Waals surface area (Å²) in [5.74, 6) is 1.59. The minimum atomic E-state index is 0.0118. The standard InChI is InChI=1S/C18H25N3O2S/c1-10(2)15-9-13(20-23-15)14-7-6-8-21(14)18(22)16-12(5)19-17(24-16)11(3)4/h9-11,14H,6-8H2,1-5H3/t14-/m0/s1. The van der Waals surface area contributed by atoms with Crippen molar-refractivity contribution in [2.75, 3.05) is 6.54 Å². The summed E-state index contributed by atoms with van der Waals surface area (Å²) in [4.78, 5) is 20.3. The third kappa shape index (κ3) is 3.11.